The van der Waals surface area contributed by atoms with Crippen molar-refractivity contribution in [3.8, 4) is 0 Å². The van der Waals surface area contributed by atoms with Crippen molar-refractivity contribution in [3.63, 3.8) is 0 Å². The lowest BCUT2D eigenvalue weighted by Crippen LogP contribution is -2.47. The van der Waals surface area contributed by atoms with Gasteiger partial charge in [-0.1, -0.05) is 6.08 Å². The molecular formula is C9H16N4O4. The molecule has 0 rings (SSSR count). The quantitative estimate of drug-likeness (QED) is 0.289. The van der Waals surface area contributed by atoms with E-state index in [4.69, 9.17) is 10.8 Å². The molecule has 1 unspecified atom stereocenters. The molecule has 17 heavy (non-hydrogen) atoms. The molecule has 6 N–H and O–H groups in total. The second kappa shape index (κ2) is 7.97. The van der Waals surface area contributed by atoms with E-state index in [9.17, 15) is 14.4 Å². The van der Waals surface area contributed by atoms with Gasteiger partial charge in [0.2, 0.25) is 0 Å². The summed E-state index contributed by atoms with van der Waals surface area (Å²) in [6.07, 6.45) is 1.52. The van der Waals surface area contributed by atoms with Crippen molar-refractivity contribution in [1.82, 2.24) is 16.0 Å². The number of urea groups is 2. The highest BCUT2D eigenvalue weighted by Gasteiger charge is 2.17. The van der Waals surface area contributed by atoms with Gasteiger partial charge in [-0.2, -0.15) is 0 Å². The lowest BCUT2D eigenvalue weighted by atomic mass is 10.2. The molecule has 0 aliphatic heterocycles. The van der Waals surface area contributed by atoms with Gasteiger partial charge in [0, 0.05) is 13.1 Å². The van der Waals surface area contributed by atoms with Gasteiger partial charge in [0.05, 0.1) is 0 Å². The number of carbonyl (C=O) groups excluding carboxylic acids is 2. The predicted octanol–water partition coefficient (Wildman–Crippen LogP) is -1.02. The average Bonchev–Trinajstić information content (AvgIpc) is 2.23. The van der Waals surface area contributed by atoms with Gasteiger partial charge in [0.15, 0.2) is 0 Å². The molecule has 8 nitrogen and oxygen atoms in total. The number of aliphatic carboxylic acids is 1. The van der Waals surface area contributed by atoms with Crippen LogP contribution >= 0.6 is 0 Å². The Kier molecular flexibility index (Phi) is 6.91. The standard InChI is InChI=1S/C9H16N4O4/c1-2-3-6(7(14)15)13-9(17)12-5-4-11-8(10)16/h2,6H,1,3-5H2,(H,14,15)(H3,10,11,16)(H2,12,13,17). The van der Waals surface area contributed by atoms with Gasteiger partial charge in [-0.05, 0) is 6.42 Å². The Morgan fingerprint density at radius 3 is 2.35 bits per heavy atom. The normalized spacial score (nSPS) is 11.1. The average molecular weight is 244 g/mol. The largest absolute Gasteiger partial charge is 0.480 e. The third-order valence-corrected chi connectivity index (χ3v) is 1.72. The fraction of sp³-hybridized carbons (Fsp3) is 0.444. The first-order valence-electron chi connectivity index (χ1n) is 4.88. The van der Waals surface area contributed by atoms with Crippen LogP contribution in [0, 0.1) is 0 Å². The first-order chi connectivity index (χ1) is 7.97. The summed E-state index contributed by atoms with van der Waals surface area (Å²) in [5.41, 5.74) is 4.80. The summed E-state index contributed by atoms with van der Waals surface area (Å²) in [4.78, 5) is 32.2. The molecule has 0 aliphatic rings. The first kappa shape index (κ1) is 14.8. The number of hydrogen-bond acceptors (Lipinski definition) is 3. The molecule has 0 saturated carbocycles. The Morgan fingerprint density at radius 2 is 1.88 bits per heavy atom. The van der Waals surface area contributed by atoms with Gasteiger partial charge >= 0.3 is 18.0 Å². The van der Waals surface area contributed by atoms with Crippen molar-refractivity contribution in [2.75, 3.05) is 13.1 Å². The number of hydrogen-bond donors (Lipinski definition) is 5. The highest BCUT2D eigenvalue weighted by atomic mass is 16.4. The molecule has 0 radical (unpaired) electrons. The van der Waals surface area contributed by atoms with Crippen molar-refractivity contribution in [3.05, 3.63) is 12.7 Å². The van der Waals surface area contributed by atoms with Crippen LogP contribution in [0.4, 0.5) is 9.59 Å². The monoisotopic (exact) mass is 244 g/mol. The third-order valence-electron chi connectivity index (χ3n) is 1.72. The maximum Gasteiger partial charge on any atom is 0.326 e. The van der Waals surface area contributed by atoms with Crippen LogP contribution in [0.25, 0.3) is 0 Å². The van der Waals surface area contributed by atoms with E-state index in [0.29, 0.717) is 0 Å². The maximum atomic E-state index is 11.2. The molecule has 0 saturated heterocycles. The van der Waals surface area contributed by atoms with Crippen molar-refractivity contribution >= 4 is 18.0 Å². The number of amides is 4. The molecule has 0 bridgehead atoms. The summed E-state index contributed by atoms with van der Waals surface area (Å²) in [7, 11) is 0. The first-order valence-corrected chi connectivity index (χ1v) is 4.88. The van der Waals surface area contributed by atoms with Gasteiger partial charge in [-0.3, -0.25) is 0 Å². The predicted molar refractivity (Wildman–Crippen MR) is 60.4 cm³/mol. The van der Waals surface area contributed by atoms with Crippen molar-refractivity contribution in [1.29, 1.82) is 0 Å². The zero-order valence-electron chi connectivity index (χ0n) is 9.23. The van der Waals surface area contributed by atoms with Crippen LogP contribution in [0.15, 0.2) is 12.7 Å². The summed E-state index contributed by atoms with van der Waals surface area (Å²) in [5.74, 6) is -1.14. The summed E-state index contributed by atoms with van der Waals surface area (Å²) < 4.78 is 0. The summed E-state index contributed by atoms with van der Waals surface area (Å²) in [5, 5.41) is 15.6. The zero-order valence-corrected chi connectivity index (χ0v) is 9.23. The molecule has 1 atom stereocenters. The Bertz CT molecular complexity index is 305. The van der Waals surface area contributed by atoms with Crippen LogP contribution in [0.1, 0.15) is 6.42 Å². The van der Waals surface area contributed by atoms with E-state index in [1.165, 1.54) is 6.08 Å². The molecular weight excluding hydrogens is 228 g/mol. The van der Waals surface area contributed by atoms with Crippen molar-refractivity contribution in [2.24, 2.45) is 5.73 Å². The van der Waals surface area contributed by atoms with Crippen molar-refractivity contribution < 1.29 is 19.5 Å². The summed E-state index contributed by atoms with van der Waals surface area (Å²) >= 11 is 0. The molecule has 0 spiro atoms. The molecule has 96 valence electrons. The molecule has 4 amide bonds. The molecule has 0 aromatic heterocycles. The van der Waals surface area contributed by atoms with E-state index in [2.05, 4.69) is 22.5 Å². The highest BCUT2D eigenvalue weighted by molar-refractivity contribution is 5.82. The minimum atomic E-state index is -1.14. The van der Waals surface area contributed by atoms with Gasteiger partial charge < -0.3 is 26.8 Å². The Labute approximate surface area is 98.2 Å². The van der Waals surface area contributed by atoms with E-state index < -0.39 is 24.1 Å². The molecule has 0 aliphatic carbocycles. The Morgan fingerprint density at radius 1 is 1.29 bits per heavy atom. The minimum Gasteiger partial charge on any atom is -0.480 e. The number of rotatable bonds is 7. The molecule has 0 heterocycles. The third kappa shape index (κ3) is 7.65. The highest BCUT2D eigenvalue weighted by Crippen LogP contribution is 1.92. The van der Waals surface area contributed by atoms with E-state index in [1.54, 1.807) is 0 Å². The Hall–Kier alpha value is -2.25. The number of carboxylic acids is 1. The topological polar surface area (TPSA) is 134 Å². The van der Waals surface area contributed by atoms with E-state index in [1.807, 2.05) is 0 Å². The van der Waals surface area contributed by atoms with Gasteiger partial charge in [-0.25, -0.2) is 14.4 Å². The summed E-state index contributed by atoms with van der Waals surface area (Å²) in [6, 6.07) is -2.34. The lowest BCUT2D eigenvalue weighted by molar-refractivity contribution is -0.139. The van der Waals surface area contributed by atoms with Crippen LogP contribution in [0.5, 0.6) is 0 Å². The van der Waals surface area contributed by atoms with Crippen LogP contribution in [-0.2, 0) is 4.79 Å². The number of carboxylic acid groups (broad SMARTS) is 1. The Balaban J connectivity index is 3.86. The molecule has 8 heteroatoms. The smallest absolute Gasteiger partial charge is 0.326 e. The van der Waals surface area contributed by atoms with E-state index >= 15 is 0 Å². The number of primary amides is 1. The fourth-order valence-electron chi connectivity index (χ4n) is 0.959. The van der Waals surface area contributed by atoms with Gasteiger partial charge in [0.25, 0.3) is 0 Å². The van der Waals surface area contributed by atoms with E-state index in [0.717, 1.165) is 0 Å². The number of nitrogens with two attached hydrogens (primary N) is 1. The molecule has 0 fully saturated rings. The SMILES string of the molecule is C=CCC(NC(=O)NCCNC(N)=O)C(=O)O. The summed E-state index contributed by atoms with van der Waals surface area (Å²) in [6.45, 7) is 3.71. The van der Waals surface area contributed by atoms with Crippen molar-refractivity contribution in [2.45, 2.75) is 12.5 Å². The number of carbonyl (C=O) groups is 3. The lowest BCUT2D eigenvalue weighted by Gasteiger charge is -2.13. The molecule has 0 aromatic carbocycles. The second-order valence-corrected chi connectivity index (χ2v) is 3.11. The number of nitrogens with one attached hydrogen (secondary N) is 3. The van der Waals surface area contributed by atoms with Gasteiger partial charge in [-0.15, -0.1) is 6.58 Å². The second-order valence-electron chi connectivity index (χ2n) is 3.11. The van der Waals surface area contributed by atoms with E-state index in [-0.39, 0.29) is 19.5 Å². The fourth-order valence-corrected chi connectivity index (χ4v) is 0.959. The van der Waals surface area contributed by atoms with Crippen LogP contribution in [-0.4, -0.2) is 42.3 Å². The molecule has 0 aromatic rings. The van der Waals surface area contributed by atoms with Gasteiger partial charge in [0.1, 0.15) is 6.04 Å². The van der Waals surface area contributed by atoms with Crippen LogP contribution in [0.3, 0.4) is 0 Å². The zero-order chi connectivity index (χ0) is 13.3. The van der Waals surface area contributed by atoms with Crippen LogP contribution < -0.4 is 21.7 Å². The maximum absolute atomic E-state index is 11.2. The van der Waals surface area contributed by atoms with Crippen LogP contribution in [0.2, 0.25) is 0 Å². The minimum absolute atomic E-state index is 0.127.